The van der Waals surface area contributed by atoms with Gasteiger partial charge >= 0.3 is 6.09 Å². The molecule has 1 amide bonds. The molecule has 0 aromatic rings. The Balaban J connectivity index is 2.53. The van der Waals surface area contributed by atoms with Gasteiger partial charge in [0.2, 0.25) is 0 Å². The van der Waals surface area contributed by atoms with Crippen LogP contribution in [0.4, 0.5) is 4.79 Å². The second-order valence-corrected chi connectivity index (χ2v) is 4.09. The van der Waals surface area contributed by atoms with E-state index in [-0.39, 0.29) is 11.5 Å². The Bertz CT molecular complexity index is 245. The van der Waals surface area contributed by atoms with Gasteiger partial charge in [0.1, 0.15) is 16.6 Å². The van der Waals surface area contributed by atoms with Gasteiger partial charge in [-0.1, -0.05) is 23.8 Å². The summed E-state index contributed by atoms with van der Waals surface area (Å²) in [6.45, 7) is 3.94. The lowest BCUT2D eigenvalue weighted by Gasteiger charge is -2.05. The minimum Gasteiger partial charge on any atom is -0.357 e. The van der Waals surface area contributed by atoms with Gasteiger partial charge in [0, 0.05) is 7.05 Å². The number of carbonyl (C=O) groups is 1. The fourth-order valence-corrected chi connectivity index (χ4v) is 2.03. The molecule has 1 rings (SSSR count). The van der Waals surface area contributed by atoms with Gasteiger partial charge < -0.3 is 10.1 Å². The van der Waals surface area contributed by atoms with Crippen molar-refractivity contribution in [1.82, 2.24) is 5.32 Å². The number of thioether (sulfide) groups is 1. The summed E-state index contributed by atoms with van der Waals surface area (Å²) in [4.78, 5) is 15.3. The Kier molecular flexibility index (Phi) is 4.21. The fraction of sp³-hybridized carbons (Fsp3) is 0.750. The number of rotatable bonds is 2. The first-order valence-electron chi connectivity index (χ1n) is 4.46. The minimum absolute atomic E-state index is 0.0420. The van der Waals surface area contributed by atoms with Crippen LogP contribution in [0, 0.1) is 0 Å². The molecular formula is C8H14N2O3S. The first kappa shape index (κ1) is 11.3. The highest BCUT2D eigenvalue weighted by Gasteiger charge is 2.29. The van der Waals surface area contributed by atoms with Crippen LogP contribution in [0.5, 0.6) is 0 Å². The van der Waals surface area contributed by atoms with Gasteiger partial charge in [-0.25, -0.2) is 4.79 Å². The maximum Gasteiger partial charge on any atom is 0.433 e. The third kappa shape index (κ3) is 2.88. The molecule has 5 nitrogen and oxygen atoms in total. The zero-order valence-electron chi connectivity index (χ0n) is 8.44. The second kappa shape index (κ2) is 5.21. The number of nitrogens with one attached hydrogen (secondary N) is 1. The van der Waals surface area contributed by atoms with E-state index >= 15 is 0 Å². The van der Waals surface area contributed by atoms with E-state index < -0.39 is 6.09 Å². The molecule has 0 spiro atoms. The van der Waals surface area contributed by atoms with Gasteiger partial charge in [0.15, 0.2) is 0 Å². The van der Waals surface area contributed by atoms with Crippen LogP contribution in [0.15, 0.2) is 5.16 Å². The Labute approximate surface area is 87.2 Å². The molecule has 1 aliphatic rings. The molecule has 2 unspecified atom stereocenters. The number of carbonyl (C=O) groups excluding carboxylic acids is 1. The third-order valence-electron chi connectivity index (χ3n) is 1.71. The van der Waals surface area contributed by atoms with E-state index in [1.165, 1.54) is 18.8 Å². The van der Waals surface area contributed by atoms with Crippen molar-refractivity contribution >= 4 is 22.9 Å². The van der Waals surface area contributed by atoms with Gasteiger partial charge in [-0.2, -0.15) is 0 Å². The van der Waals surface area contributed by atoms with Crippen LogP contribution in [0.2, 0.25) is 0 Å². The van der Waals surface area contributed by atoms with Crippen molar-refractivity contribution in [3.05, 3.63) is 0 Å². The van der Waals surface area contributed by atoms with Crippen LogP contribution in [-0.2, 0) is 9.57 Å². The molecule has 0 saturated carbocycles. The average Bonchev–Trinajstić information content (AvgIpc) is 2.55. The van der Waals surface area contributed by atoms with Crippen LogP contribution in [0.1, 0.15) is 20.3 Å². The van der Waals surface area contributed by atoms with E-state index in [0.717, 1.165) is 11.5 Å². The highest BCUT2D eigenvalue weighted by atomic mass is 32.2. The molecule has 6 heteroatoms. The Morgan fingerprint density at radius 3 is 3.07 bits per heavy atom. The lowest BCUT2D eigenvalue weighted by Crippen LogP contribution is -2.19. The Morgan fingerprint density at radius 1 is 1.79 bits per heavy atom. The van der Waals surface area contributed by atoms with Crippen molar-refractivity contribution in [2.24, 2.45) is 5.16 Å². The summed E-state index contributed by atoms with van der Waals surface area (Å²) >= 11 is 1.47. The summed E-state index contributed by atoms with van der Waals surface area (Å²) in [5.74, 6) is 0. The van der Waals surface area contributed by atoms with Crippen molar-refractivity contribution in [3.8, 4) is 0 Å². The summed E-state index contributed by atoms with van der Waals surface area (Å²) < 4.78 is 5.51. The van der Waals surface area contributed by atoms with Crippen LogP contribution in [0.25, 0.3) is 0 Å². The van der Waals surface area contributed by atoms with E-state index in [9.17, 15) is 4.79 Å². The maximum atomic E-state index is 10.8. The third-order valence-corrected chi connectivity index (χ3v) is 2.73. The van der Waals surface area contributed by atoms with Crippen LogP contribution in [-0.4, -0.2) is 29.7 Å². The number of oxime groups is 1. The second-order valence-electron chi connectivity index (χ2n) is 2.78. The first-order valence-corrected chi connectivity index (χ1v) is 5.34. The van der Waals surface area contributed by atoms with E-state index in [0.29, 0.717) is 0 Å². The van der Waals surface area contributed by atoms with Crippen LogP contribution in [0.3, 0.4) is 0 Å². The number of ether oxygens (including phenoxy) is 1. The largest absolute Gasteiger partial charge is 0.433 e. The molecule has 0 aliphatic carbocycles. The molecule has 1 N–H and O–H groups in total. The van der Waals surface area contributed by atoms with Crippen molar-refractivity contribution < 1.29 is 14.4 Å². The summed E-state index contributed by atoms with van der Waals surface area (Å²) in [7, 11) is 1.49. The molecule has 0 bridgehead atoms. The molecule has 0 radical (unpaired) electrons. The standard InChI is InChI=1S/C8H14N2O3S/c1-4-6-7(14-5(2)12-6)10-13-8(11)9-3/h5-6H,4H2,1-3H3,(H,9,11). The summed E-state index contributed by atoms with van der Waals surface area (Å²) in [5, 5.41) is 6.78. The lowest BCUT2D eigenvalue weighted by atomic mass is 10.3. The Hall–Kier alpha value is -0.750. The fourth-order valence-electron chi connectivity index (χ4n) is 1.05. The normalized spacial score (nSPS) is 29.2. The predicted molar refractivity (Wildman–Crippen MR) is 55.2 cm³/mol. The lowest BCUT2D eigenvalue weighted by molar-refractivity contribution is 0.0939. The summed E-state index contributed by atoms with van der Waals surface area (Å²) in [5.41, 5.74) is 0.0759. The molecule has 1 aliphatic heterocycles. The van der Waals surface area contributed by atoms with Crippen molar-refractivity contribution in [2.45, 2.75) is 31.8 Å². The van der Waals surface area contributed by atoms with Crippen LogP contribution >= 0.6 is 11.8 Å². The smallest absolute Gasteiger partial charge is 0.357 e. The molecule has 0 aromatic carbocycles. The molecule has 1 heterocycles. The number of amides is 1. The minimum atomic E-state index is -0.562. The van der Waals surface area contributed by atoms with Gasteiger partial charge in [-0.05, 0) is 13.3 Å². The zero-order valence-corrected chi connectivity index (χ0v) is 9.26. The van der Waals surface area contributed by atoms with E-state index in [4.69, 9.17) is 4.74 Å². The van der Waals surface area contributed by atoms with Gasteiger partial charge in [-0.15, -0.1) is 0 Å². The predicted octanol–water partition coefficient (Wildman–Crippen LogP) is 1.54. The van der Waals surface area contributed by atoms with Gasteiger partial charge in [0.05, 0.1) is 0 Å². The van der Waals surface area contributed by atoms with Crippen molar-refractivity contribution in [3.63, 3.8) is 0 Å². The first-order chi connectivity index (χ1) is 6.67. The van der Waals surface area contributed by atoms with Gasteiger partial charge in [0.25, 0.3) is 0 Å². The number of hydrogen-bond acceptors (Lipinski definition) is 5. The summed E-state index contributed by atoms with van der Waals surface area (Å²) in [6, 6.07) is 0. The van der Waals surface area contributed by atoms with Crippen molar-refractivity contribution in [1.29, 1.82) is 0 Å². The molecule has 0 aromatic heterocycles. The topological polar surface area (TPSA) is 59.9 Å². The maximum absolute atomic E-state index is 10.8. The zero-order chi connectivity index (χ0) is 10.6. The molecule has 1 saturated heterocycles. The van der Waals surface area contributed by atoms with Crippen molar-refractivity contribution in [2.75, 3.05) is 7.05 Å². The summed E-state index contributed by atoms with van der Waals surface area (Å²) in [6.07, 6.45) is 0.222. The van der Waals surface area contributed by atoms with E-state index in [1.54, 1.807) is 0 Å². The molecule has 1 fully saturated rings. The Morgan fingerprint density at radius 2 is 2.50 bits per heavy atom. The van der Waals surface area contributed by atoms with Crippen LogP contribution < -0.4 is 5.32 Å². The molecular weight excluding hydrogens is 204 g/mol. The molecule has 2 atom stereocenters. The SMILES string of the molecule is CCC1OC(C)SC1=NOC(=O)NC. The highest BCUT2D eigenvalue weighted by molar-refractivity contribution is 8.14. The van der Waals surface area contributed by atoms with E-state index in [1.807, 2.05) is 13.8 Å². The quantitative estimate of drug-likeness (QED) is 0.564. The molecule has 14 heavy (non-hydrogen) atoms. The number of nitrogens with zero attached hydrogens (tertiary/aromatic N) is 1. The number of hydrogen-bond donors (Lipinski definition) is 1. The molecule has 80 valence electrons. The monoisotopic (exact) mass is 218 g/mol. The average molecular weight is 218 g/mol. The van der Waals surface area contributed by atoms with E-state index in [2.05, 4.69) is 15.3 Å². The van der Waals surface area contributed by atoms with Gasteiger partial charge in [-0.3, -0.25) is 4.84 Å². The highest BCUT2D eigenvalue weighted by Crippen LogP contribution is 2.29.